The molecular formula is C67H128O6. The highest BCUT2D eigenvalue weighted by atomic mass is 16.6. The maximum Gasteiger partial charge on any atom is 0.306 e. The summed E-state index contributed by atoms with van der Waals surface area (Å²) in [6.07, 6.45) is 74.2. The molecule has 0 radical (unpaired) electrons. The highest BCUT2D eigenvalue weighted by Gasteiger charge is 2.19. The van der Waals surface area contributed by atoms with Gasteiger partial charge in [-0.1, -0.05) is 328 Å². The van der Waals surface area contributed by atoms with Gasteiger partial charge >= 0.3 is 17.9 Å². The Morgan fingerprint density at radius 2 is 0.452 bits per heavy atom. The molecule has 432 valence electrons. The summed E-state index contributed by atoms with van der Waals surface area (Å²) in [4.78, 5) is 38.0. The molecule has 6 nitrogen and oxygen atoms in total. The first-order valence-electron chi connectivity index (χ1n) is 33.2. The number of hydrogen-bond acceptors (Lipinski definition) is 6. The third-order valence-corrected chi connectivity index (χ3v) is 15.3. The van der Waals surface area contributed by atoms with Gasteiger partial charge in [-0.25, -0.2) is 0 Å². The molecule has 0 spiro atoms. The third kappa shape index (κ3) is 60.9. The van der Waals surface area contributed by atoms with Crippen LogP contribution >= 0.6 is 0 Å². The van der Waals surface area contributed by atoms with Crippen LogP contribution in [0.4, 0.5) is 0 Å². The van der Waals surface area contributed by atoms with Crippen LogP contribution in [0.1, 0.15) is 380 Å². The monoisotopic (exact) mass is 1030 g/mol. The van der Waals surface area contributed by atoms with E-state index in [9.17, 15) is 14.4 Å². The van der Waals surface area contributed by atoms with Crippen LogP contribution < -0.4 is 0 Å². The molecule has 0 rings (SSSR count). The lowest BCUT2D eigenvalue weighted by Crippen LogP contribution is -2.30. The Kier molecular flexibility index (Phi) is 61.1. The number of rotatable bonds is 62. The molecule has 0 aliphatic carbocycles. The Morgan fingerprint density at radius 3 is 0.685 bits per heavy atom. The highest BCUT2D eigenvalue weighted by molar-refractivity contribution is 5.71. The second-order valence-electron chi connectivity index (χ2n) is 22.7. The van der Waals surface area contributed by atoms with Crippen molar-refractivity contribution in [1.82, 2.24) is 0 Å². The molecule has 0 amide bonds. The molecule has 0 N–H and O–H groups in total. The van der Waals surface area contributed by atoms with Crippen molar-refractivity contribution in [3.63, 3.8) is 0 Å². The van der Waals surface area contributed by atoms with E-state index in [0.29, 0.717) is 19.3 Å². The summed E-state index contributed by atoms with van der Waals surface area (Å²) in [6, 6.07) is 0. The predicted octanol–water partition coefficient (Wildman–Crippen LogP) is 22.4. The van der Waals surface area contributed by atoms with Gasteiger partial charge in [0.2, 0.25) is 0 Å². The zero-order valence-corrected chi connectivity index (χ0v) is 49.7. The summed E-state index contributed by atoms with van der Waals surface area (Å²) in [5.74, 6) is -0.845. The Hall–Kier alpha value is -1.85. The van der Waals surface area contributed by atoms with Crippen LogP contribution in [-0.2, 0) is 28.6 Å². The lowest BCUT2D eigenvalue weighted by Gasteiger charge is -2.18. The van der Waals surface area contributed by atoms with E-state index in [1.165, 1.54) is 283 Å². The van der Waals surface area contributed by atoms with Gasteiger partial charge in [0.05, 0.1) is 0 Å². The fourth-order valence-corrected chi connectivity index (χ4v) is 10.3. The van der Waals surface area contributed by atoms with Crippen LogP contribution in [0.2, 0.25) is 0 Å². The summed E-state index contributed by atoms with van der Waals surface area (Å²) >= 11 is 0. The Balaban J connectivity index is 3.97. The van der Waals surface area contributed by atoms with E-state index < -0.39 is 6.10 Å². The van der Waals surface area contributed by atoms with Crippen LogP contribution in [0, 0.1) is 0 Å². The molecule has 6 heteroatoms. The molecular weight excluding hydrogens is 901 g/mol. The second kappa shape index (κ2) is 62.7. The summed E-state index contributed by atoms with van der Waals surface area (Å²) in [5, 5.41) is 0. The van der Waals surface area contributed by atoms with E-state index >= 15 is 0 Å². The minimum absolute atomic E-state index is 0.0636. The average molecular weight is 1030 g/mol. The third-order valence-electron chi connectivity index (χ3n) is 15.3. The van der Waals surface area contributed by atoms with Crippen molar-refractivity contribution < 1.29 is 28.6 Å². The van der Waals surface area contributed by atoms with E-state index in [-0.39, 0.29) is 31.1 Å². The van der Waals surface area contributed by atoms with Crippen molar-refractivity contribution in [2.45, 2.75) is 386 Å². The standard InChI is InChI=1S/C67H128O6/c1-4-7-10-13-16-18-20-22-24-26-28-30-31-32-33-34-35-36-37-38-40-41-43-45-47-49-51-54-57-60-66(69)72-63-64(62-71-65(68)59-56-53-15-12-9-6-3)73-67(70)61-58-55-52-50-48-46-44-42-39-29-27-25-23-21-19-17-14-11-8-5-2/h26,28,64H,4-25,27,29-63H2,1-3H3/b28-26-. The summed E-state index contributed by atoms with van der Waals surface area (Å²) in [5.41, 5.74) is 0. The fraction of sp³-hybridized carbons (Fsp3) is 0.925. The Bertz CT molecular complexity index is 1130. The van der Waals surface area contributed by atoms with Gasteiger partial charge in [-0.05, 0) is 44.9 Å². The predicted molar refractivity (Wildman–Crippen MR) is 317 cm³/mol. The van der Waals surface area contributed by atoms with Gasteiger partial charge < -0.3 is 14.2 Å². The minimum atomic E-state index is -0.762. The first-order chi connectivity index (χ1) is 36.0. The topological polar surface area (TPSA) is 78.9 Å². The number of carbonyl (C=O) groups excluding carboxylic acids is 3. The van der Waals surface area contributed by atoms with E-state index in [1.54, 1.807) is 0 Å². The van der Waals surface area contributed by atoms with Gasteiger partial charge in [-0.15, -0.1) is 0 Å². The Morgan fingerprint density at radius 1 is 0.260 bits per heavy atom. The number of esters is 3. The molecule has 0 aliphatic rings. The molecule has 73 heavy (non-hydrogen) atoms. The van der Waals surface area contributed by atoms with Crippen molar-refractivity contribution in [1.29, 1.82) is 0 Å². The number of carbonyl (C=O) groups is 3. The molecule has 0 aromatic carbocycles. The van der Waals surface area contributed by atoms with E-state index in [1.807, 2.05) is 0 Å². The summed E-state index contributed by atoms with van der Waals surface area (Å²) < 4.78 is 16.8. The van der Waals surface area contributed by atoms with Gasteiger partial charge in [0, 0.05) is 19.3 Å². The molecule has 0 aromatic rings. The minimum Gasteiger partial charge on any atom is -0.462 e. The van der Waals surface area contributed by atoms with Crippen LogP contribution in [0.3, 0.4) is 0 Å². The molecule has 1 unspecified atom stereocenters. The zero-order chi connectivity index (χ0) is 52.9. The highest BCUT2D eigenvalue weighted by Crippen LogP contribution is 2.18. The largest absolute Gasteiger partial charge is 0.462 e. The van der Waals surface area contributed by atoms with Crippen LogP contribution in [-0.4, -0.2) is 37.2 Å². The molecule has 0 saturated heterocycles. The van der Waals surface area contributed by atoms with Crippen LogP contribution in [0.25, 0.3) is 0 Å². The van der Waals surface area contributed by atoms with Gasteiger partial charge in [-0.2, -0.15) is 0 Å². The van der Waals surface area contributed by atoms with Gasteiger partial charge in [0.1, 0.15) is 13.2 Å². The van der Waals surface area contributed by atoms with Gasteiger partial charge in [0.25, 0.3) is 0 Å². The lowest BCUT2D eigenvalue weighted by atomic mass is 10.0. The number of unbranched alkanes of at least 4 members (excludes halogenated alkanes) is 49. The maximum absolute atomic E-state index is 12.8. The summed E-state index contributed by atoms with van der Waals surface area (Å²) in [6.45, 7) is 6.65. The fourth-order valence-electron chi connectivity index (χ4n) is 10.3. The molecule has 0 saturated carbocycles. The quantitative estimate of drug-likeness (QED) is 0.0261. The molecule has 0 aliphatic heterocycles. The van der Waals surface area contributed by atoms with Crippen LogP contribution in [0.5, 0.6) is 0 Å². The Labute approximate surface area is 456 Å². The molecule has 0 heterocycles. The molecule has 0 aromatic heterocycles. The van der Waals surface area contributed by atoms with E-state index in [2.05, 4.69) is 32.9 Å². The van der Waals surface area contributed by atoms with E-state index in [4.69, 9.17) is 14.2 Å². The van der Waals surface area contributed by atoms with Crippen molar-refractivity contribution in [2.75, 3.05) is 13.2 Å². The van der Waals surface area contributed by atoms with Gasteiger partial charge in [-0.3, -0.25) is 14.4 Å². The van der Waals surface area contributed by atoms with Crippen molar-refractivity contribution in [3.8, 4) is 0 Å². The number of allylic oxidation sites excluding steroid dienone is 2. The van der Waals surface area contributed by atoms with E-state index in [0.717, 1.165) is 57.8 Å². The molecule has 1 atom stereocenters. The molecule has 0 bridgehead atoms. The van der Waals surface area contributed by atoms with Crippen LogP contribution in [0.15, 0.2) is 12.2 Å². The first kappa shape index (κ1) is 71.2. The van der Waals surface area contributed by atoms with Crippen molar-refractivity contribution in [3.05, 3.63) is 12.2 Å². The summed E-state index contributed by atoms with van der Waals surface area (Å²) in [7, 11) is 0. The van der Waals surface area contributed by atoms with Gasteiger partial charge in [0.15, 0.2) is 6.10 Å². The van der Waals surface area contributed by atoms with Crippen molar-refractivity contribution in [2.24, 2.45) is 0 Å². The van der Waals surface area contributed by atoms with Crippen molar-refractivity contribution >= 4 is 17.9 Å². The maximum atomic E-state index is 12.8. The number of hydrogen-bond donors (Lipinski definition) is 0. The lowest BCUT2D eigenvalue weighted by molar-refractivity contribution is -0.167. The zero-order valence-electron chi connectivity index (χ0n) is 49.7. The first-order valence-corrected chi connectivity index (χ1v) is 33.2. The number of ether oxygens (including phenoxy) is 3. The smallest absolute Gasteiger partial charge is 0.306 e. The SMILES string of the molecule is CCCCCCCCCC/C=C\CCCCCCCCCCCCCCCCCCCC(=O)OCC(COC(=O)CCCCCCCC)OC(=O)CCCCCCCCCCCCCCCCCCCCCC. The average Bonchev–Trinajstić information content (AvgIpc) is 3.39. The molecule has 0 fully saturated rings. The normalized spacial score (nSPS) is 12.0. The second-order valence-corrected chi connectivity index (χ2v) is 22.7.